The molecule has 0 aliphatic carbocycles. The van der Waals surface area contributed by atoms with E-state index in [-0.39, 0.29) is 11.5 Å². The zero-order valence-electron chi connectivity index (χ0n) is 16.5. The summed E-state index contributed by atoms with van der Waals surface area (Å²) >= 11 is 0. The Morgan fingerprint density at radius 3 is 1.06 bits per heavy atom. The third-order valence-corrected chi connectivity index (χ3v) is 3.68. The molecule has 0 N–H and O–H groups in total. The molecule has 35 heavy (non-hydrogen) atoms. The molecule has 0 unspecified atom stereocenters. The van der Waals surface area contributed by atoms with Crippen molar-refractivity contribution in [1.82, 2.24) is 0 Å². The summed E-state index contributed by atoms with van der Waals surface area (Å²) in [5.74, 6) is -2.52. The van der Waals surface area contributed by atoms with Gasteiger partial charge in [-0.05, 0) is 24.3 Å². The van der Waals surface area contributed by atoms with Crippen LogP contribution in [0.3, 0.4) is 0 Å². The number of hydrogen-bond donors (Lipinski definition) is 0. The minimum Gasteiger partial charge on any atom is -0.526 e. The molecule has 0 heterocycles. The maximum Gasteiger partial charge on any atom is 0.658 e. The molecule has 1 radical (unpaired) electrons. The predicted octanol–water partition coefficient (Wildman–Crippen LogP) is 6.42. The minimum absolute atomic E-state index is 0.382. The van der Waals surface area contributed by atoms with Crippen LogP contribution in [0.2, 0.25) is 0 Å². The van der Waals surface area contributed by atoms with Crippen LogP contribution in [0.15, 0.2) is 48.5 Å². The molecule has 0 fully saturated rings. The lowest BCUT2D eigenvalue weighted by Gasteiger charge is -2.24. The van der Waals surface area contributed by atoms with Crippen LogP contribution < -0.4 is 18.8 Å². The van der Waals surface area contributed by atoms with Gasteiger partial charge in [-0.1, -0.05) is 12.1 Å². The van der Waals surface area contributed by atoms with E-state index in [1.54, 1.807) is 0 Å². The van der Waals surface area contributed by atoms with Gasteiger partial charge in [0.2, 0.25) is 0 Å². The van der Waals surface area contributed by atoms with Crippen molar-refractivity contribution in [3.05, 3.63) is 48.5 Å². The van der Waals surface area contributed by atoms with Gasteiger partial charge in [-0.2, -0.15) is 52.7 Å². The number of hydrogen-bond acceptors (Lipinski definition) is 4. The third-order valence-electron chi connectivity index (χ3n) is 3.68. The second-order valence-electron chi connectivity index (χ2n) is 6.44. The fraction of sp³-hybridized carbons (Fsp3) is 0.333. The maximum atomic E-state index is 12.6. The van der Waals surface area contributed by atoms with E-state index < -0.39 is 48.4 Å². The molecule has 17 heteroatoms. The Balaban J connectivity index is 2.03. The molecule has 0 aromatic heterocycles. The number of alkyl halides is 12. The fourth-order valence-corrected chi connectivity index (χ4v) is 2.29. The monoisotopic (exact) mass is 529 g/mol. The number of benzene rings is 2. The second kappa shape index (κ2) is 10.2. The summed E-state index contributed by atoms with van der Waals surface area (Å²) in [6.07, 6.45) is -31.3. The van der Waals surface area contributed by atoms with E-state index in [4.69, 9.17) is 9.31 Å². The van der Waals surface area contributed by atoms with Crippen LogP contribution in [0.4, 0.5) is 52.7 Å². The molecular formula is C18H10BF12O4. The van der Waals surface area contributed by atoms with Crippen molar-refractivity contribution in [3.63, 3.8) is 0 Å². The largest absolute Gasteiger partial charge is 0.658 e. The Morgan fingerprint density at radius 1 is 0.486 bits per heavy atom. The van der Waals surface area contributed by atoms with Crippen molar-refractivity contribution in [1.29, 1.82) is 0 Å². The van der Waals surface area contributed by atoms with E-state index in [9.17, 15) is 52.7 Å². The molecule has 2 aromatic rings. The number of rotatable bonds is 8. The first kappa shape index (κ1) is 28.1. The third kappa shape index (κ3) is 8.54. The predicted molar refractivity (Wildman–Crippen MR) is 92.9 cm³/mol. The van der Waals surface area contributed by atoms with Gasteiger partial charge in [0.1, 0.15) is 23.0 Å². The van der Waals surface area contributed by atoms with Crippen LogP contribution in [0.25, 0.3) is 0 Å². The zero-order chi connectivity index (χ0) is 26.7. The lowest BCUT2D eigenvalue weighted by Crippen LogP contribution is -2.46. The lowest BCUT2D eigenvalue weighted by atomic mass is 10.2. The highest BCUT2D eigenvalue weighted by molar-refractivity contribution is 6.20. The van der Waals surface area contributed by atoms with Gasteiger partial charge in [0.25, 0.3) is 12.2 Å². The summed E-state index contributed by atoms with van der Waals surface area (Å²) in [6, 6.07) is 6.92. The van der Waals surface area contributed by atoms with E-state index in [1.807, 2.05) is 0 Å². The highest BCUT2D eigenvalue weighted by atomic mass is 19.4. The Bertz CT molecular complexity index is 866. The average molecular weight is 529 g/mol. The summed E-state index contributed by atoms with van der Waals surface area (Å²) in [7, 11) is 0.453. The van der Waals surface area contributed by atoms with E-state index in [0.717, 1.165) is 36.4 Å². The van der Waals surface area contributed by atoms with Gasteiger partial charge in [0.05, 0.1) is 0 Å². The molecule has 0 atom stereocenters. The Kier molecular flexibility index (Phi) is 8.22. The van der Waals surface area contributed by atoms with Gasteiger partial charge in [-0.25, -0.2) is 0 Å². The van der Waals surface area contributed by atoms with Crippen LogP contribution >= 0.6 is 0 Å². The Morgan fingerprint density at radius 2 is 0.771 bits per heavy atom. The summed E-state index contributed by atoms with van der Waals surface area (Å²) in [5, 5.41) is 0. The van der Waals surface area contributed by atoms with Crippen LogP contribution in [0.5, 0.6) is 23.0 Å². The molecule has 0 spiro atoms. The zero-order valence-corrected chi connectivity index (χ0v) is 16.5. The normalized spacial score (nSPS) is 13.1. The smallest absolute Gasteiger partial charge is 0.526 e. The van der Waals surface area contributed by atoms with Crippen LogP contribution in [-0.4, -0.2) is 44.6 Å². The lowest BCUT2D eigenvalue weighted by molar-refractivity contribution is -0.300. The van der Waals surface area contributed by atoms with Gasteiger partial charge < -0.3 is 18.8 Å². The molecule has 2 rings (SSSR count). The first-order valence-electron chi connectivity index (χ1n) is 8.82. The van der Waals surface area contributed by atoms with Gasteiger partial charge in [0, 0.05) is 12.1 Å². The van der Waals surface area contributed by atoms with Crippen molar-refractivity contribution in [2.45, 2.75) is 36.9 Å². The second-order valence-corrected chi connectivity index (χ2v) is 6.44. The van der Waals surface area contributed by atoms with Gasteiger partial charge in [-0.3, -0.25) is 0 Å². The molecule has 193 valence electrons. The summed E-state index contributed by atoms with van der Waals surface area (Å²) in [4.78, 5) is 0. The molecule has 2 aromatic carbocycles. The maximum absolute atomic E-state index is 12.6. The number of ether oxygens (including phenoxy) is 2. The van der Waals surface area contributed by atoms with Crippen LogP contribution in [-0.2, 0) is 0 Å². The standard InChI is InChI=1S/C18H10BF12O4/c20-15(21,22)13(16(23,24)25)32-9-3-1-5-11(7-9)34-19-35-12-6-2-4-10(8-12)33-14(17(26,27)28)18(29,30)31/h1-8,13-14H. The van der Waals surface area contributed by atoms with Gasteiger partial charge >= 0.3 is 32.4 Å². The van der Waals surface area contributed by atoms with Crippen molar-refractivity contribution >= 4 is 7.69 Å². The Labute approximate surface area is 188 Å². The summed E-state index contributed by atoms with van der Waals surface area (Å²) in [5.41, 5.74) is 0. The topological polar surface area (TPSA) is 36.9 Å². The van der Waals surface area contributed by atoms with Gasteiger partial charge in [0.15, 0.2) is 0 Å². The highest BCUT2D eigenvalue weighted by Gasteiger charge is 2.60. The quantitative estimate of drug-likeness (QED) is 0.292. The minimum atomic E-state index is -5.77. The molecule has 4 nitrogen and oxygen atoms in total. The van der Waals surface area contributed by atoms with Crippen LogP contribution in [0, 0.1) is 0 Å². The first-order valence-corrected chi connectivity index (χ1v) is 8.82. The molecule has 0 bridgehead atoms. The van der Waals surface area contributed by atoms with Gasteiger partial charge in [-0.15, -0.1) is 0 Å². The first-order chi connectivity index (χ1) is 15.9. The SMILES string of the molecule is FC(F)(F)C(Oc1cccc(O[B]Oc2cccc(OC(C(F)(F)F)C(F)(F)F)c2)c1)C(F)(F)F. The van der Waals surface area contributed by atoms with Crippen molar-refractivity contribution < 1.29 is 71.5 Å². The number of halogens is 12. The molecule has 0 aliphatic heterocycles. The van der Waals surface area contributed by atoms with Crippen molar-refractivity contribution in [2.24, 2.45) is 0 Å². The molecular weight excluding hydrogens is 519 g/mol. The fourth-order valence-electron chi connectivity index (χ4n) is 2.29. The van der Waals surface area contributed by atoms with E-state index in [2.05, 4.69) is 9.47 Å². The highest BCUT2D eigenvalue weighted by Crippen LogP contribution is 2.38. The van der Waals surface area contributed by atoms with Crippen molar-refractivity contribution in [3.8, 4) is 23.0 Å². The van der Waals surface area contributed by atoms with E-state index in [1.165, 1.54) is 0 Å². The average Bonchev–Trinajstić information content (AvgIpc) is 2.68. The van der Waals surface area contributed by atoms with Crippen LogP contribution in [0.1, 0.15) is 0 Å². The molecule has 0 amide bonds. The van der Waals surface area contributed by atoms with E-state index in [0.29, 0.717) is 19.8 Å². The Hall–Kier alpha value is -3.14. The summed E-state index contributed by atoms with van der Waals surface area (Å²) < 4.78 is 169. The molecule has 0 saturated heterocycles. The molecule has 0 saturated carbocycles. The summed E-state index contributed by atoms with van der Waals surface area (Å²) in [6.45, 7) is 0. The van der Waals surface area contributed by atoms with Crippen molar-refractivity contribution in [2.75, 3.05) is 0 Å². The molecule has 0 aliphatic rings. The van der Waals surface area contributed by atoms with E-state index >= 15 is 0 Å².